The number of nitrogens with two attached hydrogens (primary N) is 1. The average molecular weight is 297 g/mol. The van der Waals surface area contributed by atoms with Gasteiger partial charge in [-0.25, -0.2) is 0 Å². The van der Waals surface area contributed by atoms with E-state index < -0.39 is 5.41 Å². The number of carbonyl (C=O) groups excluding carboxylic acids is 1. The van der Waals surface area contributed by atoms with Crippen molar-refractivity contribution in [3.05, 3.63) is 0 Å². The van der Waals surface area contributed by atoms with Gasteiger partial charge in [-0.3, -0.25) is 4.79 Å². The fourth-order valence-corrected chi connectivity index (χ4v) is 3.99. The summed E-state index contributed by atoms with van der Waals surface area (Å²) < 4.78 is 0. The van der Waals surface area contributed by atoms with Crippen LogP contribution in [0.1, 0.15) is 39.5 Å². The summed E-state index contributed by atoms with van der Waals surface area (Å²) in [5, 5.41) is 0. The molecule has 114 valence electrons. The molecule has 0 aromatic heterocycles. The number of thiocarbonyl (C=S) groups is 1. The van der Waals surface area contributed by atoms with Crippen molar-refractivity contribution in [1.82, 2.24) is 9.80 Å². The maximum Gasteiger partial charge on any atom is 0.235 e. The van der Waals surface area contributed by atoms with Crippen LogP contribution in [0.4, 0.5) is 0 Å². The van der Waals surface area contributed by atoms with E-state index in [1.54, 1.807) is 0 Å². The van der Waals surface area contributed by atoms with Gasteiger partial charge in [0.2, 0.25) is 5.91 Å². The van der Waals surface area contributed by atoms with Crippen LogP contribution in [0.5, 0.6) is 0 Å². The molecule has 2 N–H and O–H groups in total. The summed E-state index contributed by atoms with van der Waals surface area (Å²) >= 11 is 5.19. The van der Waals surface area contributed by atoms with Crippen molar-refractivity contribution in [3.63, 3.8) is 0 Å². The molecule has 2 fully saturated rings. The van der Waals surface area contributed by atoms with Gasteiger partial charge in [0.1, 0.15) is 0 Å². The summed E-state index contributed by atoms with van der Waals surface area (Å²) in [6, 6.07) is 0.340. The largest absolute Gasteiger partial charge is 0.392 e. The van der Waals surface area contributed by atoms with Gasteiger partial charge in [-0.15, -0.1) is 0 Å². The summed E-state index contributed by atoms with van der Waals surface area (Å²) in [4.78, 5) is 17.6. The van der Waals surface area contributed by atoms with Gasteiger partial charge in [0, 0.05) is 26.2 Å². The molecule has 1 heterocycles. The first-order chi connectivity index (χ1) is 9.40. The minimum atomic E-state index is -0.550. The van der Waals surface area contributed by atoms with Gasteiger partial charge in [-0.1, -0.05) is 26.1 Å². The molecule has 0 aromatic carbocycles. The van der Waals surface area contributed by atoms with Crippen LogP contribution in [0.2, 0.25) is 0 Å². The molecular weight excluding hydrogens is 270 g/mol. The average Bonchev–Trinajstić information content (AvgIpc) is 2.42. The second kappa shape index (κ2) is 5.98. The molecule has 0 atom stereocenters. The number of carbonyl (C=O) groups is 1. The Kier molecular flexibility index (Phi) is 4.69. The number of amides is 1. The molecule has 4 nitrogen and oxygen atoms in total. The first-order valence-electron chi connectivity index (χ1n) is 7.70. The van der Waals surface area contributed by atoms with Crippen molar-refractivity contribution in [1.29, 1.82) is 0 Å². The predicted octanol–water partition coefficient (Wildman–Crippen LogP) is 1.63. The quantitative estimate of drug-likeness (QED) is 0.801. The number of nitrogens with zero attached hydrogens (tertiary/aromatic N) is 2. The number of piperidine rings is 1. The maximum atomic E-state index is 12.8. The van der Waals surface area contributed by atoms with E-state index in [1.807, 2.05) is 11.9 Å². The van der Waals surface area contributed by atoms with E-state index in [9.17, 15) is 4.79 Å². The Balaban J connectivity index is 2.00. The Morgan fingerprint density at radius 1 is 1.40 bits per heavy atom. The topological polar surface area (TPSA) is 49.6 Å². The van der Waals surface area contributed by atoms with Crippen LogP contribution in [0.25, 0.3) is 0 Å². The van der Waals surface area contributed by atoms with Crippen LogP contribution >= 0.6 is 12.2 Å². The first-order valence-corrected chi connectivity index (χ1v) is 8.11. The third-order valence-electron chi connectivity index (χ3n) is 5.15. The highest BCUT2D eigenvalue weighted by Crippen LogP contribution is 2.47. The van der Waals surface area contributed by atoms with E-state index in [-0.39, 0.29) is 5.91 Å². The molecular formula is C15H27N3OS. The fraction of sp³-hybridized carbons (Fsp3) is 0.867. The molecule has 0 radical (unpaired) electrons. The number of hydrogen-bond acceptors (Lipinski definition) is 3. The molecule has 0 aromatic rings. The summed E-state index contributed by atoms with van der Waals surface area (Å²) in [5.41, 5.74) is 5.33. The van der Waals surface area contributed by atoms with Crippen LogP contribution in [-0.2, 0) is 4.79 Å². The normalized spacial score (nSPS) is 31.6. The van der Waals surface area contributed by atoms with Gasteiger partial charge in [-0.05, 0) is 38.1 Å². The summed E-state index contributed by atoms with van der Waals surface area (Å²) in [6.45, 7) is 7.60. The van der Waals surface area contributed by atoms with Crippen molar-refractivity contribution in [2.75, 3.05) is 26.7 Å². The van der Waals surface area contributed by atoms with Crippen molar-refractivity contribution in [3.8, 4) is 0 Å². The van der Waals surface area contributed by atoms with E-state index in [0.717, 1.165) is 45.3 Å². The molecule has 1 amide bonds. The van der Waals surface area contributed by atoms with Crippen LogP contribution < -0.4 is 5.73 Å². The summed E-state index contributed by atoms with van der Waals surface area (Å²) in [5.74, 6) is 0.703. The smallest absolute Gasteiger partial charge is 0.235 e. The zero-order valence-electron chi connectivity index (χ0n) is 12.9. The first kappa shape index (κ1) is 15.7. The lowest BCUT2D eigenvalue weighted by Gasteiger charge is -2.48. The van der Waals surface area contributed by atoms with Crippen LogP contribution in [0, 0.1) is 11.3 Å². The molecule has 1 aliphatic heterocycles. The highest BCUT2D eigenvalue weighted by molar-refractivity contribution is 7.80. The standard InChI is InChI=1S/C15H27N3OS/c1-4-18-7-5-12(6-8-18)17(3)14(19)15(13(16)20)9-11(2)10-15/h11-12H,4-10H2,1-3H3,(H2,16,20). The van der Waals surface area contributed by atoms with E-state index in [1.165, 1.54) is 0 Å². The minimum absolute atomic E-state index is 0.151. The van der Waals surface area contributed by atoms with E-state index in [0.29, 0.717) is 16.9 Å². The van der Waals surface area contributed by atoms with Crippen LogP contribution in [0.3, 0.4) is 0 Å². The maximum absolute atomic E-state index is 12.8. The highest BCUT2D eigenvalue weighted by atomic mass is 32.1. The Hall–Kier alpha value is -0.680. The molecule has 1 saturated heterocycles. The van der Waals surface area contributed by atoms with Crippen molar-refractivity contribution in [2.24, 2.45) is 17.1 Å². The van der Waals surface area contributed by atoms with Gasteiger partial charge < -0.3 is 15.5 Å². The van der Waals surface area contributed by atoms with Gasteiger partial charge in [0.05, 0.1) is 10.4 Å². The second-order valence-electron chi connectivity index (χ2n) is 6.54. The Labute approximate surface area is 127 Å². The highest BCUT2D eigenvalue weighted by Gasteiger charge is 2.52. The molecule has 0 bridgehead atoms. The third kappa shape index (κ3) is 2.70. The molecule has 20 heavy (non-hydrogen) atoms. The second-order valence-corrected chi connectivity index (χ2v) is 6.98. The van der Waals surface area contributed by atoms with E-state index in [2.05, 4.69) is 18.7 Å². The lowest BCUT2D eigenvalue weighted by Crippen LogP contribution is -2.59. The molecule has 0 spiro atoms. The lowest BCUT2D eigenvalue weighted by molar-refractivity contribution is -0.145. The Morgan fingerprint density at radius 2 is 1.95 bits per heavy atom. The molecule has 5 heteroatoms. The minimum Gasteiger partial charge on any atom is -0.392 e. The molecule has 2 rings (SSSR count). The van der Waals surface area contributed by atoms with E-state index in [4.69, 9.17) is 18.0 Å². The molecule has 0 unspecified atom stereocenters. The SMILES string of the molecule is CCN1CCC(N(C)C(=O)C2(C(N)=S)CC(C)C2)CC1. The lowest BCUT2D eigenvalue weighted by atomic mass is 9.61. The number of hydrogen-bond donors (Lipinski definition) is 1. The van der Waals surface area contributed by atoms with Crippen molar-refractivity contribution in [2.45, 2.75) is 45.6 Å². The van der Waals surface area contributed by atoms with Crippen molar-refractivity contribution >= 4 is 23.1 Å². The molecule has 2 aliphatic rings. The summed E-state index contributed by atoms with van der Waals surface area (Å²) in [7, 11) is 1.93. The van der Waals surface area contributed by atoms with Gasteiger partial charge in [0.25, 0.3) is 0 Å². The van der Waals surface area contributed by atoms with Gasteiger partial charge in [0.15, 0.2) is 0 Å². The van der Waals surface area contributed by atoms with E-state index >= 15 is 0 Å². The third-order valence-corrected chi connectivity index (χ3v) is 5.54. The van der Waals surface area contributed by atoms with Crippen LogP contribution in [0.15, 0.2) is 0 Å². The predicted molar refractivity (Wildman–Crippen MR) is 85.5 cm³/mol. The Bertz CT molecular complexity index is 385. The van der Waals surface area contributed by atoms with Gasteiger partial charge >= 0.3 is 0 Å². The van der Waals surface area contributed by atoms with Crippen molar-refractivity contribution < 1.29 is 4.79 Å². The number of likely N-dealkylation sites (tertiary alicyclic amines) is 1. The molecule has 1 aliphatic carbocycles. The van der Waals surface area contributed by atoms with Gasteiger partial charge in [-0.2, -0.15) is 0 Å². The van der Waals surface area contributed by atoms with Crippen LogP contribution in [-0.4, -0.2) is 53.4 Å². The fourth-order valence-electron chi connectivity index (χ4n) is 3.74. The monoisotopic (exact) mass is 297 g/mol. The number of rotatable bonds is 4. The zero-order valence-corrected chi connectivity index (χ0v) is 13.7. The Morgan fingerprint density at radius 3 is 2.35 bits per heavy atom. The zero-order chi connectivity index (χ0) is 14.9. The summed E-state index contributed by atoms with van der Waals surface area (Å²) in [6.07, 6.45) is 3.75. The molecule has 1 saturated carbocycles.